The Kier molecular flexibility index (Phi) is 1.56. The Balaban J connectivity index is 2.57. The molecule has 4 nitrogen and oxygen atoms in total. The molecule has 0 spiro atoms. The van der Waals surface area contributed by atoms with Gasteiger partial charge in [-0.2, -0.15) is 0 Å². The highest BCUT2D eigenvalue weighted by molar-refractivity contribution is 6.02. The van der Waals surface area contributed by atoms with Gasteiger partial charge in [0, 0.05) is 23.2 Å². The summed E-state index contributed by atoms with van der Waals surface area (Å²) in [5, 5.41) is 2.01. The van der Waals surface area contributed by atoms with Crippen LogP contribution >= 0.6 is 0 Å². The Morgan fingerprint density at radius 3 is 2.73 bits per heavy atom. The lowest BCUT2D eigenvalue weighted by atomic mass is 10.1. The lowest BCUT2D eigenvalue weighted by Gasteiger charge is -2.01. The topological polar surface area (TPSA) is 64.7 Å². The molecule has 0 saturated heterocycles. The monoisotopic (exact) mass is 196 g/mol. The van der Waals surface area contributed by atoms with Crippen LogP contribution in [0, 0.1) is 0 Å². The van der Waals surface area contributed by atoms with Crippen molar-refractivity contribution in [1.29, 1.82) is 0 Å². The molecular weight excluding hydrogens is 188 g/mol. The zero-order valence-corrected chi connectivity index (χ0v) is 7.88. The first-order chi connectivity index (χ1) is 7.34. The highest BCUT2D eigenvalue weighted by Gasteiger charge is 2.02. The number of fused-ring (bicyclic) bond motifs is 3. The van der Waals surface area contributed by atoms with Gasteiger partial charge in [-0.1, -0.05) is 18.2 Å². The number of anilines is 1. The molecule has 3 rings (SSSR count). The quantitative estimate of drug-likeness (QED) is 0.556. The molecule has 0 bridgehead atoms. The molecular formula is C11H8N4. The van der Waals surface area contributed by atoms with Crippen LogP contribution in [-0.2, 0) is 0 Å². The molecule has 0 amide bonds. The largest absolute Gasteiger partial charge is 0.368 e. The van der Waals surface area contributed by atoms with Gasteiger partial charge in [-0.25, -0.2) is 9.97 Å². The van der Waals surface area contributed by atoms with Gasteiger partial charge in [-0.3, -0.25) is 4.98 Å². The van der Waals surface area contributed by atoms with Gasteiger partial charge in [0.15, 0.2) is 0 Å². The van der Waals surface area contributed by atoms with E-state index in [0.717, 1.165) is 21.8 Å². The Morgan fingerprint density at radius 1 is 0.933 bits per heavy atom. The van der Waals surface area contributed by atoms with Gasteiger partial charge in [0.05, 0.1) is 5.52 Å². The normalized spacial score (nSPS) is 10.9. The number of aromatic nitrogens is 3. The minimum absolute atomic E-state index is 0.278. The molecule has 4 heteroatoms. The van der Waals surface area contributed by atoms with E-state index in [9.17, 15) is 0 Å². The third-order valence-corrected chi connectivity index (χ3v) is 2.34. The van der Waals surface area contributed by atoms with Gasteiger partial charge in [-0.15, -0.1) is 0 Å². The molecule has 0 fully saturated rings. The molecule has 0 aliphatic heterocycles. The van der Waals surface area contributed by atoms with Crippen LogP contribution in [0.5, 0.6) is 0 Å². The van der Waals surface area contributed by atoms with Crippen LogP contribution in [0.2, 0.25) is 0 Å². The van der Waals surface area contributed by atoms with Crippen molar-refractivity contribution in [2.24, 2.45) is 0 Å². The highest BCUT2D eigenvalue weighted by Crippen LogP contribution is 2.21. The van der Waals surface area contributed by atoms with Crippen molar-refractivity contribution in [2.75, 3.05) is 5.73 Å². The molecule has 72 valence electrons. The Morgan fingerprint density at radius 2 is 1.80 bits per heavy atom. The van der Waals surface area contributed by atoms with E-state index in [1.54, 1.807) is 12.4 Å². The minimum atomic E-state index is 0.278. The molecule has 2 heterocycles. The maximum atomic E-state index is 5.56. The molecule has 15 heavy (non-hydrogen) atoms. The summed E-state index contributed by atoms with van der Waals surface area (Å²) in [6, 6.07) is 7.88. The number of nitrogens with zero attached hydrogens (tertiary/aromatic N) is 3. The van der Waals surface area contributed by atoms with Crippen molar-refractivity contribution in [3.8, 4) is 0 Å². The summed E-state index contributed by atoms with van der Waals surface area (Å²) in [5.74, 6) is 0.278. The van der Waals surface area contributed by atoms with Crippen molar-refractivity contribution < 1.29 is 0 Å². The number of nitrogen functional groups attached to an aromatic ring is 1. The smallest absolute Gasteiger partial charge is 0.220 e. The Labute approximate surface area is 85.8 Å². The SMILES string of the molecule is Nc1ncc2ccc3cccnc3c2n1. The van der Waals surface area contributed by atoms with E-state index in [0.29, 0.717) is 0 Å². The fraction of sp³-hybridized carbons (Fsp3) is 0. The van der Waals surface area contributed by atoms with Crippen LogP contribution in [0.15, 0.2) is 36.7 Å². The summed E-state index contributed by atoms with van der Waals surface area (Å²) in [6.07, 6.45) is 3.46. The summed E-state index contributed by atoms with van der Waals surface area (Å²) < 4.78 is 0. The maximum Gasteiger partial charge on any atom is 0.220 e. The fourth-order valence-electron chi connectivity index (χ4n) is 1.65. The molecule has 0 aliphatic rings. The van der Waals surface area contributed by atoms with Crippen molar-refractivity contribution >= 4 is 27.8 Å². The standard InChI is InChI=1S/C11H8N4/c12-11-14-6-8-4-3-7-2-1-5-13-9(7)10(8)15-11/h1-6H,(H2,12,14,15). The molecule has 1 aromatic carbocycles. The van der Waals surface area contributed by atoms with Crippen molar-refractivity contribution in [3.63, 3.8) is 0 Å². The third kappa shape index (κ3) is 1.19. The van der Waals surface area contributed by atoms with Crippen LogP contribution in [0.4, 0.5) is 5.95 Å². The van der Waals surface area contributed by atoms with Gasteiger partial charge >= 0.3 is 0 Å². The average Bonchev–Trinajstić information content (AvgIpc) is 2.29. The molecule has 0 unspecified atom stereocenters. The zero-order chi connectivity index (χ0) is 10.3. The lowest BCUT2D eigenvalue weighted by molar-refractivity contribution is 1.24. The summed E-state index contributed by atoms with van der Waals surface area (Å²) in [4.78, 5) is 12.5. The zero-order valence-electron chi connectivity index (χ0n) is 7.88. The molecule has 0 radical (unpaired) electrons. The maximum absolute atomic E-state index is 5.56. The molecule has 0 aliphatic carbocycles. The van der Waals surface area contributed by atoms with Crippen LogP contribution in [-0.4, -0.2) is 15.0 Å². The second-order valence-electron chi connectivity index (χ2n) is 3.31. The molecule has 3 aromatic rings. The number of pyridine rings is 1. The van der Waals surface area contributed by atoms with Gasteiger partial charge in [0.1, 0.15) is 5.52 Å². The first-order valence-electron chi connectivity index (χ1n) is 4.60. The number of benzene rings is 1. The number of nitrogens with two attached hydrogens (primary N) is 1. The van der Waals surface area contributed by atoms with Crippen molar-refractivity contribution in [2.45, 2.75) is 0 Å². The van der Waals surface area contributed by atoms with E-state index in [1.807, 2.05) is 24.3 Å². The predicted octanol–water partition coefficient (Wildman–Crippen LogP) is 1.76. The Bertz CT molecular complexity index is 648. The van der Waals surface area contributed by atoms with E-state index in [1.165, 1.54) is 0 Å². The first-order valence-corrected chi connectivity index (χ1v) is 4.60. The van der Waals surface area contributed by atoms with E-state index in [2.05, 4.69) is 15.0 Å². The van der Waals surface area contributed by atoms with Gasteiger partial charge in [0.25, 0.3) is 0 Å². The molecule has 2 aromatic heterocycles. The number of rotatable bonds is 0. The van der Waals surface area contributed by atoms with E-state index < -0.39 is 0 Å². The summed E-state index contributed by atoms with van der Waals surface area (Å²) in [7, 11) is 0. The summed E-state index contributed by atoms with van der Waals surface area (Å²) in [5.41, 5.74) is 7.24. The number of hydrogen-bond acceptors (Lipinski definition) is 4. The Hall–Kier alpha value is -2.23. The van der Waals surface area contributed by atoms with Crippen molar-refractivity contribution in [1.82, 2.24) is 15.0 Å². The minimum Gasteiger partial charge on any atom is -0.368 e. The van der Waals surface area contributed by atoms with Gasteiger partial charge < -0.3 is 5.73 Å². The second-order valence-corrected chi connectivity index (χ2v) is 3.31. The van der Waals surface area contributed by atoms with Gasteiger partial charge in [0.2, 0.25) is 5.95 Å². The van der Waals surface area contributed by atoms with E-state index >= 15 is 0 Å². The molecule has 2 N–H and O–H groups in total. The van der Waals surface area contributed by atoms with E-state index in [-0.39, 0.29) is 5.95 Å². The lowest BCUT2D eigenvalue weighted by Crippen LogP contribution is -1.95. The highest BCUT2D eigenvalue weighted by atomic mass is 15.0. The van der Waals surface area contributed by atoms with Crippen LogP contribution in [0.25, 0.3) is 21.8 Å². The van der Waals surface area contributed by atoms with Crippen LogP contribution in [0.1, 0.15) is 0 Å². The summed E-state index contributed by atoms with van der Waals surface area (Å²) in [6.45, 7) is 0. The van der Waals surface area contributed by atoms with Gasteiger partial charge in [-0.05, 0) is 6.07 Å². The predicted molar refractivity (Wildman–Crippen MR) is 59.3 cm³/mol. The second kappa shape index (κ2) is 2.88. The first kappa shape index (κ1) is 8.11. The molecule has 0 atom stereocenters. The van der Waals surface area contributed by atoms with Crippen LogP contribution < -0.4 is 5.73 Å². The molecule has 0 saturated carbocycles. The van der Waals surface area contributed by atoms with E-state index in [4.69, 9.17) is 5.73 Å². The summed E-state index contributed by atoms with van der Waals surface area (Å²) >= 11 is 0. The van der Waals surface area contributed by atoms with Crippen molar-refractivity contribution in [3.05, 3.63) is 36.7 Å². The number of hydrogen-bond donors (Lipinski definition) is 1. The third-order valence-electron chi connectivity index (χ3n) is 2.34. The average molecular weight is 196 g/mol. The fourth-order valence-corrected chi connectivity index (χ4v) is 1.65. The van der Waals surface area contributed by atoms with Crippen LogP contribution in [0.3, 0.4) is 0 Å².